The van der Waals surface area contributed by atoms with E-state index in [-0.39, 0.29) is 23.8 Å². The molecule has 5 heteroatoms. The monoisotopic (exact) mass is 256 g/mol. The van der Waals surface area contributed by atoms with E-state index in [1.807, 2.05) is 13.8 Å². The van der Waals surface area contributed by atoms with Crippen molar-refractivity contribution in [2.24, 2.45) is 5.92 Å². The second-order valence-electron chi connectivity index (χ2n) is 4.43. The van der Waals surface area contributed by atoms with Crippen molar-refractivity contribution in [2.45, 2.75) is 51.7 Å². The van der Waals surface area contributed by atoms with E-state index in [9.17, 15) is 9.59 Å². The van der Waals surface area contributed by atoms with Crippen LogP contribution in [-0.4, -0.2) is 37.6 Å². The van der Waals surface area contributed by atoms with Crippen molar-refractivity contribution in [3.05, 3.63) is 0 Å². The molecule has 0 spiro atoms. The van der Waals surface area contributed by atoms with Crippen molar-refractivity contribution in [3.8, 4) is 0 Å². The van der Waals surface area contributed by atoms with Gasteiger partial charge in [-0.05, 0) is 19.3 Å². The lowest BCUT2D eigenvalue weighted by Gasteiger charge is -2.17. The van der Waals surface area contributed by atoms with E-state index < -0.39 is 0 Å². The molecule has 2 rings (SSSR count). The Labute approximate surface area is 109 Å². The molecule has 0 aliphatic carbocycles. The van der Waals surface area contributed by atoms with Gasteiger partial charge in [-0.1, -0.05) is 13.8 Å². The molecule has 2 fully saturated rings. The summed E-state index contributed by atoms with van der Waals surface area (Å²) in [7, 11) is 1.59. The summed E-state index contributed by atoms with van der Waals surface area (Å²) in [6, 6.07) is 0. The maximum atomic E-state index is 11.8. The van der Waals surface area contributed by atoms with Crippen LogP contribution in [0.2, 0.25) is 0 Å². The molecule has 0 aromatic carbocycles. The number of rotatable bonds is 4. The first kappa shape index (κ1) is 15.0. The fourth-order valence-corrected chi connectivity index (χ4v) is 2.47. The normalized spacial score (nSPS) is 28.3. The van der Waals surface area contributed by atoms with Crippen molar-refractivity contribution >= 4 is 11.8 Å². The maximum absolute atomic E-state index is 11.8. The maximum Gasteiger partial charge on any atom is 0.225 e. The highest BCUT2D eigenvalue weighted by molar-refractivity contribution is 5.81. The quantitative estimate of drug-likeness (QED) is 0.783. The van der Waals surface area contributed by atoms with E-state index in [1.54, 1.807) is 7.05 Å². The van der Waals surface area contributed by atoms with Crippen molar-refractivity contribution in [1.82, 2.24) is 10.6 Å². The summed E-state index contributed by atoms with van der Waals surface area (Å²) in [5.74, 6) is -0.0102. The largest absolute Gasteiger partial charge is 0.374 e. The Kier molecular flexibility index (Phi) is 6.12. The predicted octanol–water partition coefficient (Wildman–Crippen LogP) is 0.832. The Hall–Kier alpha value is -1.10. The number of nitrogens with one attached hydrogen (secondary N) is 2. The standard InChI is InChI=1S/C11H18N2O3.C2H6/c1-12-10(14)4-5-13-11(15)8-6-7-2-3-9(8)16-7;1-2/h7-9H,2-6H2,1H3,(H,12,14)(H,13,15);1-2H3. The van der Waals surface area contributed by atoms with Gasteiger partial charge in [0, 0.05) is 20.0 Å². The molecule has 2 heterocycles. The minimum absolute atomic E-state index is 0.00318. The molecule has 2 bridgehead atoms. The molecule has 2 saturated heterocycles. The second-order valence-corrected chi connectivity index (χ2v) is 4.43. The van der Waals surface area contributed by atoms with Gasteiger partial charge >= 0.3 is 0 Å². The minimum Gasteiger partial charge on any atom is -0.374 e. The van der Waals surface area contributed by atoms with Gasteiger partial charge in [0.05, 0.1) is 18.1 Å². The zero-order chi connectivity index (χ0) is 13.5. The Bertz CT molecular complexity index is 294. The smallest absolute Gasteiger partial charge is 0.225 e. The van der Waals surface area contributed by atoms with E-state index in [0.29, 0.717) is 19.1 Å². The molecule has 2 N–H and O–H groups in total. The number of ether oxygens (including phenoxy) is 1. The predicted molar refractivity (Wildman–Crippen MR) is 69.0 cm³/mol. The van der Waals surface area contributed by atoms with Crippen LogP contribution in [0.5, 0.6) is 0 Å². The lowest BCUT2D eigenvalue weighted by atomic mass is 9.88. The average molecular weight is 256 g/mol. The van der Waals surface area contributed by atoms with Gasteiger partial charge in [-0.2, -0.15) is 0 Å². The van der Waals surface area contributed by atoms with Crippen LogP contribution in [0.3, 0.4) is 0 Å². The molecule has 2 amide bonds. The Morgan fingerprint density at radius 3 is 2.50 bits per heavy atom. The summed E-state index contributed by atoms with van der Waals surface area (Å²) in [6.07, 6.45) is 3.68. The van der Waals surface area contributed by atoms with Crippen LogP contribution in [0.1, 0.15) is 39.5 Å². The molecule has 2 aliphatic heterocycles. The van der Waals surface area contributed by atoms with E-state index in [2.05, 4.69) is 10.6 Å². The molecule has 104 valence electrons. The van der Waals surface area contributed by atoms with E-state index in [1.165, 1.54) is 0 Å². The van der Waals surface area contributed by atoms with E-state index in [4.69, 9.17) is 4.74 Å². The number of carbonyl (C=O) groups excluding carboxylic acids is 2. The summed E-state index contributed by atoms with van der Waals surface area (Å²) in [5.41, 5.74) is 0. The van der Waals surface area contributed by atoms with Gasteiger partial charge < -0.3 is 15.4 Å². The molecule has 0 radical (unpaired) electrons. The van der Waals surface area contributed by atoms with Crippen LogP contribution < -0.4 is 10.6 Å². The van der Waals surface area contributed by atoms with Crippen LogP contribution in [-0.2, 0) is 14.3 Å². The third-order valence-electron chi connectivity index (χ3n) is 3.37. The molecule has 3 atom stereocenters. The van der Waals surface area contributed by atoms with Gasteiger partial charge in [-0.15, -0.1) is 0 Å². The molecular formula is C13H24N2O3. The van der Waals surface area contributed by atoms with Crippen LogP contribution in [0.15, 0.2) is 0 Å². The third kappa shape index (κ3) is 3.70. The summed E-state index contributed by atoms with van der Waals surface area (Å²) >= 11 is 0. The molecule has 0 saturated carbocycles. The van der Waals surface area contributed by atoms with E-state index in [0.717, 1.165) is 19.3 Å². The summed E-state index contributed by atoms with van der Waals surface area (Å²) in [4.78, 5) is 22.7. The lowest BCUT2D eigenvalue weighted by Crippen LogP contribution is -2.37. The number of carbonyl (C=O) groups is 2. The molecule has 3 unspecified atom stereocenters. The van der Waals surface area contributed by atoms with E-state index >= 15 is 0 Å². The summed E-state index contributed by atoms with van der Waals surface area (Å²) in [5, 5.41) is 5.32. The Morgan fingerprint density at radius 2 is 2.00 bits per heavy atom. The van der Waals surface area contributed by atoms with Gasteiger partial charge in [-0.25, -0.2) is 0 Å². The summed E-state index contributed by atoms with van der Waals surface area (Å²) < 4.78 is 5.61. The molecule has 2 aliphatic rings. The SMILES string of the molecule is CC.CNC(=O)CCNC(=O)C1CC2CCC1O2. The summed E-state index contributed by atoms with van der Waals surface area (Å²) in [6.45, 7) is 4.41. The van der Waals surface area contributed by atoms with Crippen LogP contribution >= 0.6 is 0 Å². The molecular weight excluding hydrogens is 232 g/mol. The highest BCUT2D eigenvalue weighted by atomic mass is 16.5. The van der Waals surface area contributed by atoms with Crippen LogP contribution in [0, 0.1) is 5.92 Å². The molecule has 0 aromatic rings. The molecule has 0 aromatic heterocycles. The van der Waals surface area contributed by atoms with Crippen molar-refractivity contribution in [3.63, 3.8) is 0 Å². The second kappa shape index (κ2) is 7.36. The van der Waals surface area contributed by atoms with Crippen LogP contribution in [0.4, 0.5) is 0 Å². The first-order valence-electron chi connectivity index (χ1n) is 6.84. The van der Waals surface area contributed by atoms with Crippen molar-refractivity contribution < 1.29 is 14.3 Å². The average Bonchev–Trinajstić information content (AvgIpc) is 3.03. The fraction of sp³-hybridized carbons (Fsp3) is 0.846. The highest BCUT2D eigenvalue weighted by Gasteiger charge is 2.44. The highest BCUT2D eigenvalue weighted by Crippen LogP contribution is 2.38. The number of fused-ring (bicyclic) bond motifs is 2. The van der Waals surface area contributed by atoms with Crippen LogP contribution in [0.25, 0.3) is 0 Å². The Morgan fingerprint density at radius 1 is 1.28 bits per heavy atom. The number of amides is 2. The van der Waals surface area contributed by atoms with Gasteiger partial charge in [0.2, 0.25) is 11.8 Å². The van der Waals surface area contributed by atoms with Crippen molar-refractivity contribution in [1.29, 1.82) is 0 Å². The zero-order valence-corrected chi connectivity index (χ0v) is 11.5. The third-order valence-corrected chi connectivity index (χ3v) is 3.37. The lowest BCUT2D eigenvalue weighted by molar-refractivity contribution is -0.126. The number of hydrogen-bond acceptors (Lipinski definition) is 3. The molecule has 18 heavy (non-hydrogen) atoms. The van der Waals surface area contributed by atoms with Gasteiger partial charge in [0.25, 0.3) is 0 Å². The topological polar surface area (TPSA) is 67.4 Å². The molecule has 5 nitrogen and oxygen atoms in total. The number of hydrogen-bond donors (Lipinski definition) is 2. The first-order chi connectivity index (χ1) is 8.70. The van der Waals surface area contributed by atoms with Crippen molar-refractivity contribution in [2.75, 3.05) is 13.6 Å². The minimum atomic E-state index is -0.0514. The fourth-order valence-electron chi connectivity index (χ4n) is 2.47. The van der Waals surface area contributed by atoms with Gasteiger partial charge in [0.15, 0.2) is 0 Å². The Balaban J connectivity index is 0.000000771. The zero-order valence-electron chi connectivity index (χ0n) is 11.5. The first-order valence-corrected chi connectivity index (χ1v) is 6.84. The van der Waals surface area contributed by atoms with Gasteiger partial charge in [-0.3, -0.25) is 9.59 Å². The van der Waals surface area contributed by atoms with Gasteiger partial charge in [0.1, 0.15) is 0 Å².